The number of amides is 2. The number of nitrogens with one attached hydrogen (secondary N) is 2. The topological polar surface area (TPSA) is 96.5 Å². The molecule has 2 N–H and O–H groups in total. The lowest BCUT2D eigenvalue weighted by atomic mass is 10.1. The van der Waals surface area contributed by atoms with E-state index in [1.807, 2.05) is 23.1 Å². The number of pyridine rings is 2. The van der Waals surface area contributed by atoms with E-state index >= 15 is 0 Å². The van der Waals surface area contributed by atoms with Gasteiger partial charge in [-0.25, -0.2) is 9.37 Å². The molecule has 3 heterocycles. The summed E-state index contributed by atoms with van der Waals surface area (Å²) in [6.45, 7) is 1.64. The normalized spacial score (nSPS) is 16.2. The van der Waals surface area contributed by atoms with Crippen molar-refractivity contribution in [3.63, 3.8) is 0 Å². The Bertz CT molecular complexity index is 1140. The van der Waals surface area contributed by atoms with Crippen molar-refractivity contribution in [3.05, 3.63) is 78.0 Å². The van der Waals surface area contributed by atoms with Crippen LogP contribution >= 0.6 is 0 Å². The van der Waals surface area contributed by atoms with E-state index in [1.165, 1.54) is 12.1 Å². The van der Waals surface area contributed by atoms with Gasteiger partial charge in [-0.15, -0.1) is 0 Å². The van der Waals surface area contributed by atoms with E-state index in [2.05, 4.69) is 15.6 Å². The summed E-state index contributed by atoms with van der Waals surface area (Å²) in [5.74, 6) is -1.01. The van der Waals surface area contributed by atoms with Gasteiger partial charge in [0, 0.05) is 31.9 Å². The monoisotopic (exact) mass is 449 g/mol. The van der Waals surface area contributed by atoms with E-state index in [-0.39, 0.29) is 30.2 Å². The Labute approximate surface area is 190 Å². The molecule has 1 aliphatic heterocycles. The number of halogens is 1. The van der Waals surface area contributed by atoms with Crippen LogP contribution in [-0.2, 0) is 9.53 Å². The molecule has 1 aliphatic rings. The molecule has 1 unspecified atom stereocenters. The molecule has 2 aromatic heterocycles. The van der Waals surface area contributed by atoms with E-state index in [0.29, 0.717) is 31.1 Å². The number of anilines is 1. The molecule has 0 aliphatic carbocycles. The van der Waals surface area contributed by atoms with Crippen molar-refractivity contribution in [1.29, 1.82) is 0 Å². The maximum Gasteiger partial charge on any atom is 0.269 e. The number of hydrogen-bond acceptors (Lipinski definition) is 6. The van der Waals surface area contributed by atoms with Gasteiger partial charge in [0.1, 0.15) is 17.6 Å². The van der Waals surface area contributed by atoms with Crippen molar-refractivity contribution in [2.75, 3.05) is 38.6 Å². The van der Waals surface area contributed by atoms with E-state index in [4.69, 9.17) is 9.72 Å². The lowest BCUT2D eigenvalue weighted by Crippen LogP contribution is -2.42. The Morgan fingerprint density at radius 1 is 1.15 bits per heavy atom. The maximum atomic E-state index is 13.8. The van der Waals surface area contributed by atoms with Crippen LogP contribution in [0.4, 0.5) is 10.1 Å². The summed E-state index contributed by atoms with van der Waals surface area (Å²) in [6.07, 6.45) is 1.30. The van der Waals surface area contributed by atoms with Crippen molar-refractivity contribution >= 4 is 17.5 Å². The van der Waals surface area contributed by atoms with Gasteiger partial charge in [0.2, 0.25) is 5.91 Å². The van der Waals surface area contributed by atoms with Crippen LogP contribution < -0.4 is 10.6 Å². The van der Waals surface area contributed by atoms with Crippen molar-refractivity contribution in [3.8, 4) is 11.3 Å². The van der Waals surface area contributed by atoms with Crippen molar-refractivity contribution in [2.24, 2.45) is 0 Å². The second-order valence-corrected chi connectivity index (χ2v) is 7.58. The van der Waals surface area contributed by atoms with Gasteiger partial charge < -0.3 is 15.4 Å². The van der Waals surface area contributed by atoms with Gasteiger partial charge in [-0.3, -0.25) is 19.5 Å². The second kappa shape index (κ2) is 10.3. The Kier molecular flexibility index (Phi) is 7.01. The predicted octanol–water partition coefficient (Wildman–Crippen LogP) is 2.65. The van der Waals surface area contributed by atoms with Gasteiger partial charge in [-0.2, -0.15) is 0 Å². The van der Waals surface area contributed by atoms with Gasteiger partial charge >= 0.3 is 0 Å². The summed E-state index contributed by atoms with van der Waals surface area (Å²) in [4.78, 5) is 35.0. The first-order chi connectivity index (χ1) is 16.0. The third kappa shape index (κ3) is 5.57. The SMILES string of the molecule is CNC(=O)c1ccc(-c2cccc(C3CN(CC(=O)Nc4ccccc4F)CCO3)n2)cn1. The van der Waals surface area contributed by atoms with Gasteiger partial charge in [-0.05, 0) is 36.4 Å². The number of para-hydroxylation sites is 1. The van der Waals surface area contributed by atoms with Crippen LogP contribution in [0.3, 0.4) is 0 Å². The van der Waals surface area contributed by atoms with E-state index in [0.717, 1.165) is 11.3 Å². The number of carbonyl (C=O) groups is 2. The molecule has 4 rings (SSSR count). The first-order valence-electron chi connectivity index (χ1n) is 10.6. The highest BCUT2D eigenvalue weighted by molar-refractivity contribution is 5.92. The van der Waals surface area contributed by atoms with E-state index in [9.17, 15) is 14.0 Å². The minimum absolute atomic E-state index is 0.124. The number of ether oxygens (including phenoxy) is 1. The molecule has 0 spiro atoms. The van der Waals surface area contributed by atoms with Gasteiger partial charge in [0.15, 0.2) is 0 Å². The molecular formula is C24H24FN5O3. The smallest absolute Gasteiger partial charge is 0.269 e. The predicted molar refractivity (Wildman–Crippen MR) is 121 cm³/mol. The second-order valence-electron chi connectivity index (χ2n) is 7.58. The maximum absolute atomic E-state index is 13.8. The summed E-state index contributed by atoms with van der Waals surface area (Å²) in [7, 11) is 1.56. The quantitative estimate of drug-likeness (QED) is 0.601. The summed E-state index contributed by atoms with van der Waals surface area (Å²) in [5, 5.41) is 5.15. The van der Waals surface area contributed by atoms with Crippen LogP contribution in [-0.4, -0.2) is 60.0 Å². The van der Waals surface area contributed by atoms with Crippen molar-refractivity contribution in [2.45, 2.75) is 6.10 Å². The molecule has 1 aromatic carbocycles. The minimum Gasteiger partial charge on any atom is -0.369 e. The highest BCUT2D eigenvalue weighted by atomic mass is 19.1. The number of rotatable bonds is 6. The molecule has 170 valence electrons. The summed E-state index contributed by atoms with van der Waals surface area (Å²) >= 11 is 0. The molecular weight excluding hydrogens is 425 g/mol. The van der Waals surface area contributed by atoms with Gasteiger partial charge in [0.05, 0.1) is 30.2 Å². The first-order valence-corrected chi connectivity index (χ1v) is 10.6. The Morgan fingerprint density at radius 3 is 2.76 bits per heavy atom. The van der Waals surface area contributed by atoms with Crippen molar-refractivity contribution < 1.29 is 18.7 Å². The highest BCUT2D eigenvalue weighted by Crippen LogP contribution is 2.24. The standard InChI is InChI=1S/C24H24FN5O3/c1-26-24(32)21-10-9-16(13-27-21)18-7-4-8-20(28-18)22-14-30(11-12-33-22)15-23(31)29-19-6-3-2-5-17(19)25/h2-10,13,22H,11-12,14-15H2,1H3,(H,26,32)(H,29,31). The molecule has 1 saturated heterocycles. The zero-order chi connectivity index (χ0) is 23.2. The van der Waals surface area contributed by atoms with Crippen molar-refractivity contribution in [1.82, 2.24) is 20.2 Å². The molecule has 0 bridgehead atoms. The van der Waals surface area contributed by atoms with Crippen LogP contribution in [0.1, 0.15) is 22.3 Å². The number of hydrogen-bond donors (Lipinski definition) is 2. The number of nitrogens with zero attached hydrogens (tertiary/aromatic N) is 3. The van der Waals surface area contributed by atoms with Crippen LogP contribution in [0.15, 0.2) is 60.8 Å². The third-order valence-electron chi connectivity index (χ3n) is 5.29. The van der Waals surface area contributed by atoms with Crippen LogP contribution in [0.2, 0.25) is 0 Å². The molecule has 9 heteroatoms. The van der Waals surface area contributed by atoms with E-state index in [1.54, 1.807) is 37.5 Å². The first kappa shape index (κ1) is 22.5. The molecule has 1 atom stereocenters. The molecule has 33 heavy (non-hydrogen) atoms. The Morgan fingerprint density at radius 2 is 2.00 bits per heavy atom. The number of benzene rings is 1. The van der Waals surface area contributed by atoms with Crippen LogP contribution in [0.5, 0.6) is 0 Å². The lowest BCUT2D eigenvalue weighted by Gasteiger charge is -2.32. The number of aromatic nitrogens is 2. The van der Waals surface area contributed by atoms with Gasteiger partial charge in [-0.1, -0.05) is 18.2 Å². The zero-order valence-corrected chi connectivity index (χ0v) is 18.1. The number of carbonyl (C=O) groups excluding carboxylic acids is 2. The van der Waals surface area contributed by atoms with Crippen LogP contribution in [0.25, 0.3) is 11.3 Å². The molecule has 0 radical (unpaired) electrons. The lowest BCUT2D eigenvalue weighted by molar-refractivity contribution is -0.119. The fraction of sp³-hybridized carbons (Fsp3) is 0.250. The largest absolute Gasteiger partial charge is 0.369 e. The summed E-state index contributed by atoms with van der Waals surface area (Å²) in [6, 6.07) is 15.2. The third-order valence-corrected chi connectivity index (χ3v) is 5.29. The van der Waals surface area contributed by atoms with Gasteiger partial charge in [0.25, 0.3) is 5.91 Å². The Balaban J connectivity index is 1.41. The van der Waals surface area contributed by atoms with E-state index < -0.39 is 5.82 Å². The average Bonchev–Trinajstić information content (AvgIpc) is 2.85. The number of morpholine rings is 1. The fourth-order valence-electron chi connectivity index (χ4n) is 3.58. The highest BCUT2D eigenvalue weighted by Gasteiger charge is 2.25. The summed E-state index contributed by atoms with van der Waals surface area (Å²) < 4.78 is 19.7. The molecule has 0 saturated carbocycles. The minimum atomic E-state index is -0.468. The summed E-state index contributed by atoms with van der Waals surface area (Å²) in [5.41, 5.74) is 2.72. The molecule has 1 fully saturated rings. The van der Waals surface area contributed by atoms with Crippen LogP contribution in [0, 0.1) is 5.82 Å². The fourth-order valence-corrected chi connectivity index (χ4v) is 3.58. The average molecular weight is 449 g/mol. The molecule has 2 amide bonds. The molecule has 8 nitrogen and oxygen atoms in total. The Hall–Kier alpha value is -3.69. The molecule has 3 aromatic rings. The zero-order valence-electron chi connectivity index (χ0n) is 18.1.